The van der Waals surface area contributed by atoms with Crippen LogP contribution in [0.25, 0.3) is 10.9 Å². The van der Waals surface area contributed by atoms with Gasteiger partial charge in [-0.15, -0.1) is 0 Å². The largest absolute Gasteiger partial charge is 0.361 e. The van der Waals surface area contributed by atoms with Crippen molar-refractivity contribution in [3.63, 3.8) is 0 Å². The van der Waals surface area contributed by atoms with Gasteiger partial charge in [0.1, 0.15) is 6.04 Å². The van der Waals surface area contributed by atoms with E-state index in [1.54, 1.807) is 29.2 Å². The number of fused-ring (bicyclic) bond motifs is 3. The van der Waals surface area contributed by atoms with Crippen molar-refractivity contribution in [3.8, 4) is 0 Å². The molecule has 3 heterocycles. The molecule has 0 radical (unpaired) electrons. The van der Waals surface area contributed by atoms with Crippen molar-refractivity contribution >= 4 is 34.4 Å². The van der Waals surface area contributed by atoms with Crippen LogP contribution in [-0.2, 0) is 24.2 Å². The van der Waals surface area contributed by atoms with Crippen LogP contribution in [0.1, 0.15) is 27.0 Å². The van der Waals surface area contributed by atoms with E-state index in [0.717, 1.165) is 27.6 Å². The zero-order chi connectivity index (χ0) is 23.9. The number of hydrogen-bond donors (Lipinski definition) is 2. The first-order valence-electron chi connectivity index (χ1n) is 11.7. The molecule has 2 N–H and O–H groups in total. The Morgan fingerprint density at radius 3 is 2.51 bits per heavy atom. The van der Waals surface area contributed by atoms with Crippen LogP contribution in [0, 0.1) is 0 Å². The lowest BCUT2D eigenvalue weighted by molar-refractivity contribution is -0.120. The summed E-state index contributed by atoms with van der Waals surface area (Å²) in [7, 11) is 0. The summed E-state index contributed by atoms with van der Waals surface area (Å²) in [4.78, 5) is 44.9. The number of aromatic amines is 1. The molecule has 1 fully saturated rings. The van der Waals surface area contributed by atoms with Crippen molar-refractivity contribution in [1.29, 1.82) is 0 Å². The highest BCUT2D eigenvalue weighted by molar-refractivity contribution is 6.21. The molecule has 1 saturated heterocycles. The summed E-state index contributed by atoms with van der Waals surface area (Å²) in [5.41, 5.74) is 5.38. The van der Waals surface area contributed by atoms with E-state index in [9.17, 15) is 14.4 Å². The first-order chi connectivity index (χ1) is 17.1. The molecule has 2 aliphatic rings. The van der Waals surface area contributed by atoms with Crippen LogP contribution < -0.4 is 10.2 Å². The average molecular weight is 465 g/mol. The standard InChI is InChI=1S/C28H24N4O3/c33-26(29-14-13-20-16-30-24-8-4-3-7-23(20)24)18-9-11-22(12-10-18)32-27(34)25-15-19-5-1-2-6-21(19)17-31(25)28(32)35/h1-12,16,25,30H,13-15,17H2,(H,29,33)/t25-/m1/s1. The SMILES string of the molecule is O=C(NCCc1c[nH]c2ccccc12)c1ccc(N2C(=O)[C@H]3Cc4ccccc4CN3C2=O)cc1. The topological polar surface area (TPSA) is 85.5 Å². The van der Waals surface area contributed by atoms with Gasteiger partial charge in [0, 0.05) is 42.2 Å². The lowest BCUT2D eigenvalue weighted by Crippen LogP contribution is -2.39. The number of carbonyl (C=O) groups excluding carboxylic acids is 3. The number of anilines is 1. The number of amides is 4. The molecule has 174 valence electrons. The van der Waals surface area contributed by atoms with Gasteiger partial charge in [-0.3, -0.25) is 9.59 Å². The Balaban J connectivity index is 1.11. The molecule has 0 bridgehead atoms. The van der Waals surface area contributed by atoms with Gasteiger partial charge in [0.05, 0.1) is 5.69 Å². The van der Waals surface area contributed by atoms with E-state index in [2.05, 4.69) is 16.4 Å². The summed E-state index contributed by atoms with van der Waals surface area (Å²) >= 11 is 0. The van der Waals surface area contributed by atoms with Gasteiger partial charge >= 0.3 is 6.03 Å². The fraction of sp³-hybridized carbons (Fsp3) is 0.179. The molecule has 1 atom stereocenters. The predicted molar refractivity (Wildman–Crippen MR) is 133 cm³/mol. The summed E-state index contributed by atoms with van der Waals surface area (Å²) < 4.78 is 0. The molecule has 0 aliphatic carbocycles. The fourth-order valence-electron chi connectivity index (χ4n) is 5.07. The lowest BCUT2D eigenvalue weighted by Gasteiger charge is -2.28. The van der Waals surface area contributed by atoms with Crippen LogP contribution >= 0.6 is 0 Å². The maximum Gasteiger partial charge on any atom is 0.332 e. The van der Waals surface area contributed by atoms with Gasteiger partial charge in [-0.2, -0.15) is 0 Å². The highest BCUT2D eigenvalue weighted by atomic mass is 16.2. The van der Waals surface area contributed by atoms with Gasteiger partial charge in [-0.1, -0.05) is 42.5 Å². The molecule has 0 spiro atoms. The highest BCUT2D eigenvalue weighted by Crippen LogP contribution is 2.33. The predicted octanol–water partition coefficient (Wildman–Crippen LogP) is 4.03. The number of H-pyrrole nitrogens is 1. The van der Waals surface area contributed by atoms with E-state index in [1.165, 1.54) is 4.90 Å². The number of aromatic nitrogens is 1. The van der Waals surface area contributed by atoms with Crippen molar-refractivity contribution < 1.29 is 14.4 Å². The molecule has 35 heavy (non-hydrogen) atoms. The second kappa shape index (κ2) is 8.43. The number of urea groups is 1. The monoisotopic (exact) mass is 464 g/mol. The molecule has 4 aromatic rings. The molecule has 2 aliphatic heterocycles. The maximum absolute atomic E-state index is 13.1. The van der Waals surface area contributed by atoms with E-state index in [0.29, 0.717) is 37.2 Å². The van der Waals surface area contributed by atoms with Gasteiger partial charge < -0.3 is 15.2 Å². The van der Waals surface area contributed by atoms with Crippen molar-refractivity contribution in [2.45, 2.75) is 25.4 Å². The molecule has 7 heteroatoms. The average Bonchev–Trinajstić information content (AvgIpc) is 3.41. The van der Waals surface area contributed by atoms with E-state index < -0.39 is 6.04 Å². The Hall–Kier alpha value is -4.39. The third-order valence-electron chi connectivity index (χ3n) is 6.93. The minimum Gasteiger partial charge on any atom is -0.361 e. The fourth-order valence-corrected chi connectivity index (χ4v) is 5.07. The minimum atomic E-state index is -0.482. The van der Waals surface area contributed by atoms with Crippen molar-refractivity contribution in [2.75, 3.05) is 11.4 Å². The smallest absolute Gasteiger partial charge is 0.332 e. The normalized spacial score (nSPS) is 17.0. The Morgan fingerprint density at radius 2 is 1.69 bits per heavy atom. The van der Waals surface area contributed by atoms with Crippen molar-refractivity contribution in [3.05, 3.63) is 101 Å². The maximum atomic E-state index is 13.1. The van der Waals surface area contributed by atoms with Crippen LogP contribution in [0.2, 0.25) is 0 Å². The molecular weight excluding hydrogens is 440 g/mol. The molecular formula is C28H24N4O3. The summed E-state index contributed by atoms with van der Waals surface area (Å²) in [5.74, 6) is -0.413. The zero-order valence-electron chi connectivity index (χ0n) is 19.0. The Bertz CT molecular complexity index is 1410. The minimum absolute atomic E-state index is 0.191. The lowest BCUT2D eigenvalue weighted by atomic mass is 9.95. The van der Waals surface area contributed by atoms with E-state index in [-0.39, 0.29) is 17.8 Å². The third-order valence-corrected chi connectivity index (χ3v) is 6.93. The molecule has 1 aromatic heterocycles. The van der Waals surface area contributed by atoms with E-state index in [4.69, 9.17) is 0 Å². The number of imide groups is 1. The second-order valence-electron chi connectivity index (χ2n) is 8.99. The van der Waals surface area contributed by atoms with Gasteiger partial charge in [0.2, 0.25) is 0 Å². The van der Waals surface area contributed by atoms with Gasteiger partial charge in [-0.25, -0.2) is 9.69 Å². The van der Waals surface area contributed by atoms with E-state index >= 15 is 0 Å². The molecule has 4 amide bonds. The summed E-state index contributed by atoms with van der Waals surface area (Å²) in [5, 5.41) is 4.11. The third kappa shape index (κ3) is 3.65. The molecule has 7 nitrogen and oxygen atoms in total. The molecule has 3 aromatic carbocycles. The number of rotatable bonds is 5. The first-order valence-corrected chi connectivity index (χ1v) is 11.7. The van der Waals surface area contributed by atoms with Crippen LogP contribution in [0.4, 0.5) is 10.5 Å². The number of nitrogens with zero attached hydrogens (tertiary/aromatic N) is 2. The van der Waals surface area contributed by atoms with Crippen molar-refractivity contribution in [1.82, 2.24) is 15.2 Å². The molecule has 6 rings (SSSR count). The van der Waals surface area contributed by atoms with Crippen molar-refractivity contribution in [2.24, 2.45) is 0 Å². The summed E-state index contributed by atoms with van der Waals surface area (Å²) in [6.45, 7) is 0.932. The van der Waals surface area contributed by atoms with Gasteiger partial charge in [-0.05, 0) is 53.4 Å². The number of hydrogen-bond acceptors (Lipinski definition) is 3. The quantitative estimate of drug-likeness (QED) is 0.437. The second-order valence-corrected chi connectivity index (χ2v) is 8.99. The number of benzene rings is 3. The Morgan fingerprint density at radius 1 is 0.943 bits per heavy atom. The first kappa shape index (κ1) is 21.2. The Kier molecular flexibility index (Phi) is 5.10. The van der Waals surface area contributed by atoms with E-state index in [1.807, 2.05) is 48.7 Å². The van der Waals surface area contributed by atoms with Crippen LogP contribution in [-0.4, -0.2) is 40.3 Å². The molecule has 0 unspecified atom stereocenters. The number of para-hydroxylation sites is 1. The highest BCUT2D eigenvalue weighted by Gasteiger charge is 2.47. The van der Waals surface area contributed by atoms with Crippen LogP contribution in [0.15, 0.2) is 79.0 Å². The Labute approximate surface area is 202 Å². The summed E-state index contributed by atoms with van der Waals surface area (Å²) in [6, 6.07) is 21.8. The number of carbonyl (C=O) groups is 3. The van der Waals surface area contributed by atoms with Gasteiger partial charge in [0.25, 0.3) is 11.8 Å². The molecule has 0 saturated carbocycles. The summed E-state index contributed by atoms with van der Waals surface area (Å²) in [6.07, 6.45) is 3.21. The van der Waals surface area contributed by atoms with Crippen LogP contribution in [0.3, 0.4) is 0 Å². The number of nitrogens with one attached hydrogen (secondary N) is 2. The van der Waals surface area contributed by atoms with Gasteiger partial charge in [0.15, 0.2) is 0 Å². The zero-order valence-corrected chi connectivity index (χ0v) is 19.0. The van der Waals surface area contributed by atoms with Crippen LogP contribution in [0.5, 0.6) is 0 Å².